The lowest BCUT2D eigenvalue weighted by atomic mass is 10.3. The van der Waals surface area contributed by atoms with E-state index >= 15 is 0 Å². The molecule has 2 aromatic rings. The third-order valence-electron chi connectivity index (χ3n) is 5.39. The van der Waals surface area contributed by atoms with Gasteiger partial charge in [-0.3, -0.25) is 4.90 Å². The molecule has 0 bridgehead atoms. The van der Waals surface area contributed by atoms with E-state index < -0.39 is 0 Å². The summed E-state index contributed by atoms with van der Waals surface area (Å²) in [6.07, 6.45) is 1.34. The minimum Gasteiger partial charge on any atom is -0.450 e. The van der Waals surface area contributed by atoms with Crippen LogP contribution >= 0.6 is 23.4 Å². The highest BCUT2D eigenvalue weighted by atomic mass is 35.5. The molecule has 10 heteroatoms. The summed E-state index contributed by atoms with van der Waals surface area (Å²) >= 11 is 7.91. The first kappa shape index (κ1) is 21.3. The number of carbonyl (C=O) groups excluding carboxylic acids is 1. The zero-order valence-corrected chi connectivity index (χ0v) is 18.6. The molecule has 8 nitrogen and oxygen atoms in total. The fraction of sp³-hybridized carbons (Fsp3) is 0.550. The molecule has 30 heavy (non-hydrogen) atoms. The Balaban J connectivity index is 1.37. The predicted octanol–water partition coefficient (Wildman–Crippen LogP) is 2.50. The van der Waals surface area contributed by atoms with Crippen molar-refractivity contribution < 1.29 is 9.53 Å². The Hall–Kier alpha value is -1.97. The summed E-state index contributed by atoms with van der Waals surface area (Å²) in [6.45, 7) is 6.63. The maximum absolute atomic E-state index is 13.0. The van der Waals surface area contributed by atoms with Gasteiger partial charge in [-0.2, -0.15) is 5.10 Å². The van der Waals surface area contributed by atoms with Gasteiger partial charge < -0.3 is 9.64 Å². The van der Waals surface area contributed by atoms with E-state index in [-0.39, 0.29) is 11.8 Å². The van der Waals surface area contributed by atoms with Crippen LogP contribution in [0.1, 0.15) is 19.2 Å². The van der Waals surface area contributed by atoms with E-state index in [1.54, 1.807) is 25.9 Å². The summed E-state index contributed by atoms with van der Waals surface area (Å²) in [7, 11) is 0. The Morgan fingerprint density at radius 1 is 1.23 bits per heavy atom. The number of thioether (sulfide) groups is 1. The first-order valence-electron chi connectivity index (χ1n) is 10.3. The molecule has 0 spiro atoms. The Morgan fingerprint density at radius 3 is 2.80 bits per heavy atom. The standard InChI is InChI=1S/C20H26ClN5O3S/c1-2-29-20(28)24-11-9-23(10-12-24)7-3-8-25-19(27)26-16-14-15(21)4-5-17(16)30-13-6-18(26)22-25/h4-5,14H,2-3,6-13H2,1H3. The number of amides is 1. The van der Waals surface area contributed by atoms with Crippen molar-refractivity contribution in [3.63, 3.8) is 0 Å². The van der Waals surface area contributed by atoms with Gasteiger partial charge in [0.05, 0.1) is 12.3 Å². The van der Waals surface area contributed by atoms with Crippen molar-refractivity contribution >= 4 is 29.5 Å². The number of carbonyl (C=O) groups is 1. The molecule has 0 radical (unpaired) electrons. The smallest absolute Gasteiger partial charge is 0.409 e. The van der Waals surface area contributed by atoms with Crippen LogP contribution in [0, 0.1) is 0 Å². The Bertz CT molecular complexity index is 968. The molecule has 0 aliphatic carbocycles. The van der Waals surface area contributed by atoms with Gasteiger partial charge in [-0.15, -0.1) is 11.8 Å². The lowest BCUT2D eigenvalue weighted by Crippen LogP contribution is -2.49. The van der Waals surface area contributed by atoms with Crippen LogP contribution in [0.5, 0.6) is 0 Å². The number of hydrogen-bond acceptors (Lipinski definition) is 6. The average molecular weight is 452 g/mol. The highest BCUT2D eigenvalue weighted by Gasteiger charge is 2.23. The molecular formula is C20H26ClN5O3S. The van der Waals surface area contributed by atoms with E-state index in [0.717, 1.165) is 54.6 Å². The number of aryl methyl sites for hydroxylation is 2. The Kier molecular flexibility index (Phi) is 6.70. The maximum atomic E-state index is 13.0. The number of aromatic nitrogens is 3. The molecule has 1 saturated heterocycles. The maximum Gasteiger partial charge on any atom is 0.409 e. The minimum atomic E-state index is -0.234. The lowest BCUT2D eigenvalue weighted by Gasteiger charge is -2.33. The molecule has 2 aliphatic rings. The van der Waals surface area contributed by atoms with Crippen LogP contribution in [0.15, 0.2) is 27.9 Å². The minimum absolute atomic E-state index is 0.108. The van der Waals surface area contributed by atoms with Gasteiger partial charge >= 0.3 is 11.8 Å². The molecule has 1 amide bonds. The molecule has 2 aliphatic heterocycles. The van der Waals surface area contributed by atoms with Gasteiger partial charge in [0.25, 0.3) is 0 Å². The van der Waals surface area contributed by atoms with Gasteiger partial charge in [0, 0.05) is 61.4 Å². The quantitative estimate of drug-likeness (QED) is 0.695. The average Bonchev–Trinajstić information content (AvgIpc) is 2.93. The van der Waals surface area contributed by atoms with Crippen molar-refractivity contribution in [2.75, 3.05) is 45.1 Å². The van der Waals surface area contributed by atoms with Crippen LogP contribution < -0.4 is 5.69 Å². The van der Waals surface area contributed by atoms with Gasteiger partial charge in [0.1, 0.15) is 5.82 Å². The summed E-state index contributed by atoms with van der Waals surface area (Å²) in [6, 6.07) is 5.67. The predicted molar refractivity (Wildman–Crippen MR) is 117 cm³/mol. The van der Waals surface area contributed by atoms with Crippen LogP contribution in [0.4, 0.5) is 4.79 Å². The monoisotopic (exact) mass is 451 g/mol. The number of nitrogens with zero attached hydrogens (tertiary/aromatic N) is 5. The number of ether oxygens (including phenoxy) is 1. The lowest BCUT2D eigenvalue weighted by molar-refractivity contribution is 0.0790. The second kappa shape index (κ2) is 9.45. The highest BCUT2D eigenvalue weighted by molar-refractivity contribution is 7.99. The second-order valence-electron chi connectivity index (χ2n) is 7.35. The van der Waals surface area contributed by atoms with E-state index in [0.29, 0.717) is 31.3 Å². The molecule has 0 saturated carbocycles. The normalized spacial score (nSPS) is 16.7. The summed E-state index contributed by atoms with van der Waals surface area (Å²) in [5.74, 6) is 1.67. The fourth-order valence-electron chi connectivity index (χ4n) is 3.85. The summed E-state index contributed by atoms with van der Waals surface area (Å²) in [5, 5.41) is 5.21. The van der Waals surface area contributed by atoms with Gasteiger partial charge in [-0.25, -0.2) is 18.8 Å². The molecule has 1 fully saturated rings. The largest absolute Gasteiger partial charge is 0.450 e. The fourth-order valence-corrected chi connectivity index (χ4v) is 4.99. The van der Waals surface area contributed by atoms with Crippen molar-refractivity contribution in [3.8, 4) is 5.69 Å². The van der Waals surface area contributed by atoms with Gasteiger partial charge in [0.2, 0.25) is 0 Å². The third kappa shape index (κ3) is 4.53. The molecule has 3 heterocycles. The molecule has 0 atom stereocenters. The first-order valence-corrected chi connectivity index (χ1v) is 11.7. The van der Waals surface area contributed by atoms with Crippen LogP contribution in [-0.2, 0) is 17.7 Å². The number of piperazine rings is 1. The molecule has 0 N–H and O–H groups in total. The molecule has 1 aromatic carbocycles. The van der Waals surface area contributed by atoms with Crippen LogP contribution in [0.2, 0.25) is 5.02 Å². The summed E-state index contributed by atoms with van der Waals surface area (Å²) in [5.41, 5.74) is 0.717. The molecular weight excluding hydrogens is 426 g/mol. The Morgan fingerprint density at radius 2 is 2.03 bits per heavy atom. The van der Waals surface area contributed by atoms with Crippen molar-refractivity contribution in [2.24, 2.45) is 0 Å². The van der Waals surface area contributed by atoms with Crippen molar-refractivity contribution in [1.29, 1.82) is 0 Å². The van der Waals surface area contributed by atoms with Crippen molar-refractivity contribution in [3.05, 3.63) is 39.5 Å². The van der Waals surface area contributed by atoms with Gasteiger partial charge in [-0.05, 0) is 31.5 Å². The topological polar surface area (TPSA) is 72.6 Å². The van der Waals surface area contributed by atoms with E-state index in [1.807, 2.05) is 25.1 Å². The van der Waals surface area contributed by atoms with E-state index in [9.17, 15) is 9.59 Å². The summed E-state index contributed by atoms with van der Waals surface area (Å²) in [4.78, 5) is 30.0. The van der Waals surface area contributed by atoms with Crippen molar-refractivity contribution in [2.45, 2.75) is 31.2 Å². The molecule has 162 valence electrons. The highest BCUT2D eigenvalue weighted by Crippen LogP contribution is 2.31. The number of hydrogen-bond donors (Lipinski definition) is 0. The zero-order chi connectivity index (χ0) is 21.1. The van der Waals surface area contributed by atoms with Gasteiger partial charge in [-0.1, -0.05) is 11.6 Å². The van der Waals surface area contributed by atoms with E-state index in [2.05, 4.69) is 10.00 Å². The first-order chi connectivity index (χ1) is 14.6. The SMILES string of the molecule is CCOC(=O)N1CCN(CCCn2nc3n(c2=O)-c2cc(Cl)ccc2SCC3)CC1. The van der Waals surface area contributed by atoms with Gasteiger partial charge in [0.15, 0.2) is 0 Å². The molecule has 4 rings (SSSR count). The Labute approximate surface area is 184 Å². The number of benzene rings is 1. The second-order valence-corrected chi connectivity index (χ2v) is 8.92. The molecule has 0 unspecified atom stereocenters. The van der Waals surface area contributed by atoms with E-state index in [1.165, 1.54) is 0 Å². The van der Waals surface area contributed by atoms with E-state index in [4.69, 9.17) is 16.3 Å². The third-order valence-corrected chi connectivity index (χ3v) is 6.69. The summed E-state index contributed by atoms with van der Waals surface area (Å²) < 4.78 is 8.34. The van der Waals surface area contributed by atoms with Crippen LogP contribution in [0.3, 0.4) is 0 Å². The molecule has 1 aromatic heterocycles. The van der Waals surface area contributed by atoms with Crippen LogP contribution in [-0.4, -0.2) is 75.3 Å². The number of fused-ring (bicyclic) bond motifs is 3. The van der Waals surface area contributed by atoms with Crippen LogP contribution in [0.25, 0.3) is 5.69 Å². The zero-order valence-electron chi connectivity index (χ0n) is 17.1. The van der Waals surface area contributed by atoms with Crippen molar-refractivity contribution in [1.82, 2.24) is 24.1 Å². The number of halogens is 1. The number of rotatable bonds is 5.